The van der Waals surface area contributed by atoms with Gasteiger partial charge in [0.15, 0.2) is 0 Å². The van der Waals surface area contributed by atoms with Gasteiger partial charge < -0.3 is 14.5 Å². The minimum atomic E-state index is -0.893. The van der Waals surface area contributed by atoms with Crippen LogP contribution in [-0.4, -0.2) is 40.1 Å². The highest BCUT2D eigenvalue weighted by Crippen LogP contribution is 2.26. The highest BCUT2D eigenvalue weighted by atomic mass is 16.5. The van der Waals surface area contributed by atoms with E-state index in [2.05, 4.69) is 5.16 Å². The zero-order chi connectivity index (χ0) is 15.3. The molecule has 20 heavy (non-hydrogen) atoms. The van der Waals surface area contributed by atoms with Crippen LogP contribution in [0.1, 0.15) is 49.6 Å². The van der Waals surface area contributed by atoms with Crippen LogP contribution in [0.25, 0.3) is 0 Å². The maximum absolute atomic E-state index is 12.2. The van der Waals surface area contributed by atoms with Gasteiger partial charge in [-0.15, -0.1) is 0 Å². The molecule has 112 valence electrons. The fraction of sp³-hybridized carbons (Fsp3) is 0.643. The zero-order valence-electron chi connectivity index (χ0n) is 12.5. The van der Waals surface area contributed by atoms with Gasteiger partial charge >= 0.3 is 5.97 Å². The minimum Gasteiger partial charge on any atom is -0.481 e. The molecule has 0 saturated heterocycles. The van der Waals surface area contributed by atoms with Gasteiger partial charge in [0, 0.05) is 25.1 Å². The zero-order valence-corrected chi connectivity index (χ0v) is 12.5. The van der Waals surface area contributed by atoms with Gasteiger partial charge in [-0.2, -0.15) is 0 Å². The Kier molecular flexibility index (Phi) is 5.73. The van der Waals surface area contributed by atoms with Crippen molar-refractivity contribution in [2.24, 2.45) is 0 Å². The summed E-state index contributed by atoms with van der Waals surface area (Å²) in [5.41, 5.74) is 1.77. The molecule has 1 amide bonds. The van der Waals surface area contributed by atoms with Crippen LogP contribution in [0.3, 0.4) is 0 Å². The molecule has 0 spiro atoms. The van der Waals surface area contributed by atoms with Crippen molar-refractivity contribution in [1.29, 1.82) is 0 Å². The maximum atomic E-state index is 12.2. The number of hydrogen-bond acceptors (Lipinski definition) is 4. The first-order chi connectivity index (χ1) is 9.36. The van der Waals surface area contributed by atoms with Crippen molar-refractivity contribution < 1.29 is 19.2 Å². The summed E-state index contributed by atoms with van der Waals surface area (Å²) in [5, 5.41) is 12.6. The second kappa shape index (κ2) is 7.07. The van der Waals surface area contributed by atoms with E-state index < -0.39 is 5.97 Å². The predicted molar refractivity (Wildman–Crippen MR) is 73.5 cm³/mol. The molecule has 0 aromatic carbocycles. The number of hydrogen-bond donors (Lipinski definition) is 1. The lowest BCUT2D eigenvalue weighted by atomic mass is 9.95. The third kappa shape index (κ3) is 4.08. The molecular formula is C14H22N2O4. The Hall–Kier alpha value is -1.85. The van der Waals surface area contributed by atoms with Gasteiger partial charge in [-0.05, 0) is 26.7 Å². The van der Waals surface area contributed by atoms with Crippen LogP contribution in [-0.2, 0) is 9.59 Å². The van der Waals surface area contributed by atoms with Crippen LogP contribution >= 0.6 is 0 Å². The Labute approximate surface area is 118 Å². The predicted octanol–water partition coefficient (Wildman–Crippen LogP) is 2.11. The summed E-state index contributed by atoms with van der Waals surface area (Å²) >= 11 is 0. The molecule has 6 heteroatoms. The molecule has 1 aromatic rings. The molecule has 0 bridgehead atoms. The molecule has 0 fully saturated rings. The number of rotatable bonds is 7. The molecule has 1 N–H and O–H groups in total. The Morgan fingerprint density at radius 1 is 1.40 bits per heavy atom. The van der Waals surface area contributed by atoms with Crippen molar-refractivity contribution in [1.82, 2.24) is 10.1 Å². The first-order valence-corrected chi connectivity index (χ1v) is 6.79. The summed E-state index contributed by atoms with van der Waals surface area (Å²) in [4.78, 5) is 24.4. The number of carboxylic acid groups (broad SMARTS) is 1. The van der Waals surface area contributed by atoms with E-state index in [1.165, 1.54) is 0 Å². The lowest BCUT2D eigenvalue weighted by Gasteiger charge is -2.22. The van der Waals surface area contributed by atoms with Gasteiger partial charge in [-0.3, -0.25) is 9.59 Å². The molecule has 0 aliphatic rings. The molecule has 6 nitrogen and oxygen atoms in total. The van der Waals surface area contributed by atoms with Gasteiger partial charge in [0.05, 0.1) is 12.1 Å². The van der Waals surface area contributed by atoms with Gasteiger partial charge in [-0.1, -0.05) is 12.1 Å². The van der Waals surface area contributed by atoms with E-state index in [-0.39, 0.29) is 24.8 Å². The number of carbonyl (C=O) groups is 2. The lowest BCUT2D eigenvalue weighted by Crippen LogP contribution is -2.33. The van der Waals surface area contributed by atoms with Crippen molar-refractivity contribution in [3.63, 3.8) is 0 Å². The normalized spacial score (nSPS) is 12.2. The van der Waals surface area contributed by atoms with Crippen LogP contribution < -0.4 is 0 Å². The number of aromatic nitrogens is 1. The second-order valence-corrected chi connectivity index (χ2v) is 4.96. The number of aryl methyl sites for hydroxylation is 2. The van der Waals surface area contributed by atoms with E-state index >= 15 is 0 Å². The third-order valence-electron chi connectivity index (χ3n) is 3.39. The number of nitrogens with zero attached hydrogens (tertiary/aromatic N) is 2. The smallest absolute Gasteiger partial charge is 0.305 e. The Balaban J connectivity index is 2.66. The van der Waals surface area contributed by atoms with Crippen molar-refractivity contribution in [2.45, 2.75) is 46.5 Å². The molecule has 1 atom stereocenters. The van der Waals surface area contributed by atoms with Crippen LogP contribution in [0.15, 0.2) is 4.52 Å². The SMILES string of the molecule is CCN(CCC(=O)O)C(=O)CC(C)c1c(C)noc1C. The van der Waals surface area contributed by atoms with Crippen molar-refractivity contribution in [2.75, 3.05) is 13.1 Å². The molecule has 0 radical (unpaired) electrons. The van der Waals surface area contributed by atoms with Crippen LogP contribution in [0.2, 0.25) is 0 Å². The van der Waals surface area contributed by atoms with Crippen molar-refractivity contribution >= 4 is 11.9 Å². The Bertz CT molecular complexity index is 462. The number of amides is 1. The standard InChI is InChI=1S/C14H22N2O4/c1-5-16(7-6-13(18)19)12(17)8-9(2)14-10(3)15-20-11(14)4/h9H,5-8H2,1-4H3,(H,18,19). The third-order valence-corrected chi connectivity index (χ3v) is 3.39. The minimum absolute atomic E-state index is 0.00706. The number of carbonyl (C=O) groups excluding carboxylic acids is 1. The monoisotopic (exact) mass is 282 g/mol. The van der Waals surface area contributed by atoms with E-state index in [0.717, 1.165) is 17.0 Å². The van der Waals surface area contributed by atoms with Gasteiger partial charge in [0.25, 0.3) is 0 Å². The quantitative estimate of drug-likeness (QED) is 0.828. The first-order valence-electron chi connectivity index (χ1n) is 6.79. The van der Waals surface area contributed by atoms with Crippen molar-refractivity contribution in [3.05, 3.63) is 17.0 Å². The summed E-state index contributed by atoms with van der Waals surface area (Å²) in [5.74, 6) is -0.194. The average molecular weight is 282 g/mol. The summed E-state index contributed by atoms with van der Waals surface area (Å²) in [6.45, 7) is 8.25. The summed E-state index contributed by atoms with van der Waals surface area (Å²) < 4.78 is 5.11. The molecule has 0 aliphatic carbocycles. The highest BCUT2D eigenvalue weighted by molar-refractivity contribution is 5.78. The number of aliphatic carboxylic acids is 1. The average Bonchev–Trinajstić information content (AvgIpc) is 2.69. The maximum Gasteiger partial charge on any atom is 0.305 e. The largest absolute Gasteiger partial charge is 0.481 e. The topological polar surface area (TPSA) is 83.6 Å². The van der Waals surface area contributed by atoms with Crippen molar-refractivity contribution in [3.8, 4) is 0 Å². The molecule has 1 aromatic heterocycles. The second-order valence-electron chi connectivity index (χ2n) is 4.96. The summed E-state index contributed by atoms with van der Waals surface area (Å²) in [6.07, 6.45) is 0.301. The van der Waals surface area contributed by atoms with Gasteiger partial charge in [0.1, 0.15) is 5.76 Å². The fourth-order valence-corrected chi connectivity index (χ4v) is 2.38. The fourth-order valence-electron chi connectivity index (χ4n) is 2.38. The van der Waals surface area contributed by atoms with Gasteiger partial charge in [-0.25, -0.2) is 0 Å². The summed E-state index contributed by atoms with van der Waals surface area (Å²) in [7, 11) is 0. The highest BCUT2D eigenvalue weighted by Gasteiger charge is 2.22. The van der Waals surface area contributed by atoms with Gasteiger partial charge in [0.2, 0.25) is 5.91 Å². The molecule has 0 aliphatic heterocycles. The Morgan fingerprint density at radius 2 is 2.05 bits per heavy atom. The Morgan fingerprint density at radius 3 is 2.50 bits per heavy atom. The molecular weight excluding hydrogens is 260 g/mol. The van der Waals surface area contributed by atoms with Crippen LogP contribution in [0, 0.1) is 13.8 Å². The molecule has 1 unspecified atom stereocenters. The lowest BCUT2D eigenvalue weighted by molar-refractivity contribution is -0.138. The molecule has 0 saturated carbocycles. The van der Waals surface area contributed by atoms with E-state index in [1.807, 2.05) is 27.7 Å². The first kappa shape index (κ1) is 16.2. The van der Waals surface area contributed by atoms with E-state index in [9.17, 15) is 9.59 Å². The molecule has 1 rings (SSSR count). The van der Waals surface area contributed by atoms with E-state index in [4.69, 9.17) is 9.63 Å². The molecule has 1 heterocycles. The van der Waals surface area contributed by atoms with Crippen LogP contribution in [0.4, 0.5) is 0 Å². The number of carboxylic acids is 1. The summed E-state index contributed by atoms with van der Waals surface area (Å²) in [6, 6.07) is 0. The van der Waals surface area contributed by atoms with E-state index in [1.54, 1.807) is 4.90 Å². The van der Waals surface area contributed by atoms with Crippen LogP contribution in [0.5, 0.6) is 0 Å². The van der Waals surface area contributed by atoms with E-state index in [0.29, 0.717) is 13.0 Å².